The van der Waals surface area contributed by atoms with E-state index >= 15 is 0 Å². The molecule has 0 bridgehead atoms. The molecular formula is C8H19N+. The number of nitrogens with zero attached hydrogens (tertiary/aromatic N) is 1. The zero-order valence-electron chi connectivity index (χ0n) is 7.31. The maximum absolute atomic E-state index is 2.46. The standard InChI is InChI=1S/C8H19N/c1-6-9(7(2)3)8(4)5/h7-8H,6H2,1-5H3/q+1. The van der Waals surface area contributed by atoms with Gasteiger partial charge in [-0.2, -0.15) is 4.90 Å². The molecular weight excluding hydrogens is 110 g/mol. The van der Waals surface area contributed by atoms with E-state index in [0.29, 0.717) is 12.1 Å². The summed E-state index contributed by atoms with van der Waals surface area (Å²) in [5.41, 5.74) is 0. The van der Waals surface area contributed by atoms with Crippen LogP contribution >= 0.6 is 0 Å². The SMILES string of the molecule is CC[N+](C(C)C)C(C)C. The van der Waals surface area contributed by atoms with Gasteiger partial charge < -0.3 is 0 Å². The minimum atomic E-state index is 0.690. The lowest BCUT2D eigenvalue weighted by Crippen LogP contribution is -2.42. The van der Waals surface area contributed by atoms with Crippen molar-refractivity contribution in [2.75, 3.05) is 6.54 Å². The summed E-state index contributed by atoms with van der Waals surface area (Å²) in [4.78, 5) is 2.46. The van der Waals surface area contributed by atoms with Gasteiger partial charge in [-0.15, -0.1) is 0 Å². The largest absolute Gasteiger partial charge is 0.166 e. The van der Waals surface area contributed by atoms with Crippen LogP contribution < -0.4 is 4.90 Å². The van der Waals surface area contributed by atoms with E-state index in [9.17, 15) is 0 Å². The smallest absolute Gasteiger partial charge is 0.127 e. The number of rotatable bonds is 3. The van der Waals surface area contributed by atoms with Gasteiger partial charge in [0.15, 0.2) is 0 Å². The third-order valence-electron chi connectivity index (χ3n) is 1.69. The van der Waals surface area contributed by atoms with Gasteiger partial charge in [-0.25, -0.2) is 0 Å². The Morgan fingerprint density at radius 2 is 1.33 bits per heavy atom. The second kappa shape index (κ2) is 3.89. The molecule has 0 atom stereocenters. The molecule has 0 rings (SSSR count). The fourth-order valence-corrected chi connectivity index (χ4v) is 1.33. The van der Waals surface area contributed by atoms with Gasteiger partial charge in [0.1, 0.15) is 18.6 Å². The average molecular weight is 129 g/mol. The Morgan fingerprint density at radius 3 is 1.33 bits per heavy atom. The molecule has 0 aliphatic rings. The molecule has 1 nitrogen and oxygen atoms in total. The topological polar surface area (TPSA) is 5.90 Å². The van der Waals surface area contributed by atoms with Gasteiger partial charge in [-0.3, -0.25) is 0 Å². The molecule has 0 N–H and O–H groups in total. The second-order valence-corrected chi connectivity index (χ2v) is 3.02. The molecule has 0 aromatic rings. The fraction of sp³-hybridized carbons (Fsp3) is 1.00. The van der Waals surface area contributed by atoms with Gasteiger partial charge in [0.05, 0.1) is 0 Å². The minimum Gasteiger partial charge on any atom is -0.166 e. The Balaban J connectivity index is 3.68. The molecule has 0 aromatic heterocycles. The third-order valence-corrected chi connectivity index (χ3v) is 1.69. The summed E-state index contributed by atoms with van der Waals surface area (Å²) in [6.07, 6.45) is 0. The first-order valence-corrected chi connectivity index (χ1v) is 3.85. The van der Waals surface area contributed by atoms with Gasteiger partial charge in [0.25, 0.3) is 0 Å². The van der Waals surface area contributed by atoms with Crippen LogP contribution in [0.25, 0.3) is 0 Å². The highest BCUT2D eigenvalue weighted by Crippen LogP contribution is 1.98. The highest BCUT2D eigenvalue weighted by atomic mass is 15.2. The van der Waals surface area contributed by atoms with Crippen LogP contribution in [-0.2, 0) is 0 Å². The lowest BCUT2D eigenvalue weighted by Gasteiger charge is -2.17. The van der Waals surface area contributed by atoms with Gasteiger partial charge in [-0.1, -0.05) is 0 Å². The summed E-state index contributed by atoms with van der Waals surface area (Å²) < 4.78 is 0. The predicted octanol–water partition coefficient (Wildman–Crippen LogP) is 1.96. The van der Waals surface area contributed by atoms with Crippen molar-refractivity contribution in [3.8, 4) is 0 Å². The molecule has 1 heteroatoms. The van der Waals surface area contributed by atoms with Crippen molar-refractivity contribution in [1.82, 2.24) is 4.90 Å². The summed E-state index contributed by atoms with van der Waals surface area (Å²) in [5, 5.41) is 0. The van der Waals surface area contributed by atoms with E-state index in [2.05, 4.69) is 39.5 Å². The Hall–Kier alpha value is -0.0400. The van der Waals surface area contributed by atoms with Crippen molar-refractivity contribution in [3.63, 3.8) is 0 Å². The van der Waals surface area contributed by atoms with E-state index in [1.807, 2.05) is 0 Å². The fourth-order valence-electron chi connectivity index (χ4n) is 1.33. The lowest BCUT2D eigenvalue weighted by atomic mass is 10.2. The predicted molar refractivity (Wildman–Crippen MR) is 42.9 cm³/mol. The highest BCUT2D eigenvalue weighted by molar-refractivity contribution is 4.70. The molecule has 0 fully saturated rings. The molecule has 0 unspecified atom stereocenters. The number of hydrogen-bond acceptors (Lipinski definition) is 1. The van der Waals surface area contributed by atoms with Crippen molar-refractivity contribution < 1.29 is 0 Å². The van der Waals surface area contributed by atoms with Gasteiger partial charge >= 0.3 is 0 Å². The maximum Gasteiger partial charge on any atom is 0.127 e. The zero-order chi connectivity index (χ0) is 7.44. The van der Waals surface area contributed by atoms with Crippen molar-refractivity contribution in [2.24, 2.45) is 0 Å². The molecule has 0 spiro atoms. The molecule has 9 heavy (non-hydrogen) atoms. The molecule has 0 heterocycles. The van der Waals surface area contributed by atoms with Crippen LogP contribution in [0.15, 0.2) is 0 Å². The van der Waals surface area contributed by atoms with Crippen LogP contribution in [0.4, 0.5) is 0 Å². The monoisotopic (exact) mass is 129 g/mol. The molecule has 55 valence electrons. The Morgan fingerprint density at radius 1 is 1.00 bits per heavy atom. The van der Waals surface area contributed by atoms with Crippen LogP contribution in [-0.4, -0.2) is 18.6 Å². The summed E-state index contributed by atoms with van der Waals surface area (Å²) >= 11 is 0. The van der Waals surface area contributed by atoms with Gasteiger partial charge in [-0.05, 0) is 34.6 Å². The van der Waals surface area contributed by atoms with Crippen LogP contribution in [0.5, 0.6) is 0 Å². The van der Waals surface area contributed by atoms with Crippen LogP contribution in [0.2, 0.25) is 0 Å². The first kappa shape index (κ1) is 8.96. The quantitative estimate of drug-likeness (QED) is 0.514. The van der Waals surface area contributed by atoms with Crippen LogP contribution in [0, 0.1) is 0 Å². The first-order chi connectivity index (χ1) is 4.09. The Bertz CT molecular complexity index is 59.0. The maximum atomic E-state index is 2.46. The van der Waals surface area contributed by atoms with E-state index in [1.165, 1.54) is 0 Å². The molecule has 0 aliphatic carbocycles. The third kappa shape index (κ3) is 2.85. The summed E-state index contributed by atoms with van der Waals surface area (Å²) in [6, 6.07) is 1.38. The molecule has 0 amide bonds. The minimum absolute atomic E-state index is 0.690. The van der Waals surface area contributed by atoms with Gasteiger partial charge in [0, 0.05) is 0 Å². The summed E-state index contributed by atoms with van der Waals surface area (Å²) in [6.45, 7) is 12.3. The Kier molecular flexibility index (Phi) is 3.87. The van der Waals surface area contributed by atoms with Crippen molar-refractivity contribution in [1.29, 1.82) is 0 Å². The molecule has 1 radical (unpaired) electrons. The number of hydrogen-bond donors (Lipinski definition) is 0. The average Bonchev–Trinajstić information content (AvgIpc) is 1.64. The van der Waals surface area contributed by atoms with Crippen molar-refractivity contribution >= 4 is 0 Å². The van der Waals surface area contributed by atoms with Crippen LogP contribution in [0.1, 0.15) is 34.6 Å². The molecule has 0 saturated carbocycles. The first-order valence-electron chi connectivity index (χ1n) is 3.85. The van der Waals surface area contributed by atoms with E-state index in [0.717, 1.165) is 6.54 Å². The molecule has 0 saturated heterocycles. The van der Waals surface area contributed by atoms with Crippen LogP contribution in [0.3, 0.4) is 0 Å². The lowest BCUT2D eigenvalue weighted by molar-refractivity contribution is 0.309. The van der Waals surface area contributed by atoms with Crippen molar-refractivity contribution in [3.05, 3.63) is 0 Å². The van der Waals surface area contributed by atoms with Crippen molar-refractivity contribution in [2.45, 2.75) is 46.7 Å². The summed E-state index contributed by atoms with van der Waals surface area (Å²) in [5.74, 6) is 0. The molecule has 0 aromatic carbocycles. The van der Waals surface area contributed by atoms with E-state index in [-0.39, 0.29) is 0 Å². The molecule has 0 aliphatic heterocycles. The zero-order valence-corrected chi connectivity index (χ0v) is 7.31. The summed E-state index contributed by atoms with van der Waals surface area (Å²) in [7, 11) is 0. The van der Waals surface area contributed by atoms with Gasteiger partial charge in [0.2, 0.25) is 0 Å². The van der Waals surface area contributed by atoms with E-state index in [4.69, 9.17) is 0 Å². The normalized spacial score (nSPS) is 12.0. The second-order valence-electron chi connectivity index (χ2n) is 3.02. The van der Waals surface area contributed by atoms with E-state index in [1.54, 1.807) is 0 Å². The Labute approximate surface area is 59.1 Å². The highest BCUT2D eigenvalue weighted by Gasteiger charge is 2.19. The van der Waals surface area contributed by atoms with E-state index < -0.39 is 0 Å².